The zero-order valence-corrected chi connectivity index (χ0v) is 5.79. The van der Waals surface area contributed by atoms with E-state index >= 15 is 0 Å². The first-order valence-corrected chi connectivity index (χ1v) is 3.08. The van der Waals surface area contributed by atoms with Gasteiger partial charge >= 0.3 is 5.97 Å². The molecule has 0 amide bonds. The van der Waals surface area contributed by atoms with E-state index < -0.39 is 5.97 Å². The topological polar surface area (TPSA) is 37.3 Å². The highest BCUT2D eigenvalue weighted by atomic mass is 16.4. The number of rotatable bonds is 3. The molecule has 52 valence electrons. The van der Waals surface area contributed by atoms with Crippen molar-refractivity contribution < 1.29 is 9.90 Å². The van der Waals surface area contributed by atoms with Gasteiger partial charge < -0.3 is 5.11 Å². The number of carbonyl (C=O) groups is 1. The summed E-state index contributed by atoms with van der Waals surface area (Å²) in [4.78, 5) is 10.2. The third-order valence-corrected chi connectivity index (χ3v) is 1.05. The molecular formula is C7H12O2. The van der Waals surface area contributed by atoms with E-state index in [-0.39, 0.29) is 5.92 Å². The molecule has 0 heterocycles. The highest BCUT2D eigenvalue weighted by Crippen LogP contribution is 1.96. The second kappa shape index (κ2) is 4.13. The largest absolute Gasteiger partial charge is 0.481 e. The Morgan fingerprint density at radius 3 is 2.67 bits per heavy atom. The number of aliphatic carboxylic acids is 1. The predicted octanol–water partition coefficient (Wildman–Crippen LogP) is 1.67. The van der Waals surface area contributed by atoms with Gasteiger partial charge in [0.05, 0.1) is 5.92 Å². The Morgan fingerprint density at radius 1 is 1.78 bits per heavy atom. The van der Waals surface area contributed by atoms with Crippen molar-refractivity contribution in [1.82, 2.24) is 0 Å². The lowest BCUT2D eigenvalue weighted by Crippen LogP contribution is -2.05. The van der Waals surface area contributed by atoms with Crippen molar-refractivity contribution in [2.75, 3.05) is 0 Å². The van der Waals surface area contributed by atoms with Crippen molar-refractivity contribution in [1.29, 1.82) is 0 Å². The van der Waals surface area contributed by atoms with Crippen molar-refractivity contribution in [2.45, 2.75) is 20.3 Å². The summed E-state index contributed by atoms with van der Waals surface area (Å²) in [5, 5.41) is 8.36. The normalized spacial score (nSPS) is 14.0. The fourth-order valence-corrected chi connectivity index (χ4v) is 0.423. The highest BCUT2D eigenvalue weighted by molar-refractivity contribution is 5.71. The van der Waals surface area contributed by atoms with Gasteiger partial charge in [0, 0.05) is 0 Å². The van der Waals surface area contributed by atoms with Crippen LogP contribution in [0.3, 0.4) is 0 Å². The van der Waals surface area contributed by atoms with Crippen LogP contribution in [-0.2, 0) is 4.79 Å². The Balaban J connectivity index is 3.62. The Morgan fingerprint density at radius 2 is 2.33 bits per heavy atom. The molecule has 0 saturated heterocycles. The number of carboxylic acid groups (broad SMARTS) is 1. The van der Waals surface area contributed by atoms with E-state index in [0.29, 0.717) is 0 Å². The van der Waals surface area contributed by atoms with E-state index in [9.17, 15) is 4.79 Å². The molecule has 0 radical (unpaired) electrons. The van der Waals surface area contributed by atoms with E-state index in [2.05, 4.69) is 0 Å². The van der Waals surface area contributed by atoms with Gasteiger partial charge in [0.15, 0.2) is 0 Å². The molecule has 0 bridgehead atoms. The monoisotopic (exact) mass is 128 g/mol. The molecule has 0 aromatic rings. The highest BCUT2D eigenvalue weighted by Gasteiger charge is 2.03. The van der Waals surface area contributed by atoms with Crippen molar-refractivity contribution in [3.05, 3.63) is 12.2 Å². The molecule has 0 fully saturated rings. The second-order valence-electron chi connectivity index (χ2n) is 1.96. The average molecular weight is 128 g/mol. The van der Waals surface area contributed by atoms with Crippen molar-refractivity contribution in [3.8, 4) is 0 Å². The van der Waals surface area contributed by atoms with Crippen LogP contribution in [-0.4, -0.2) is 11.1 Å². The Kier molecular flexibility index (Phi) is 3.76. The average Bonchev–Trinajstić information content (AvgIpc) is 1.82. The second-order valence-corrected chi connectivity index (χ2v) is 1.96. The van der Waals surface area contributed by atoms with Gasteiger partial charge in [0.25, 0.3) is 0 Å². The summed E-state index contributed by atoms with van der Waals surface area (Å²) in [7, 11) is 0. The smallest absolute Gasteiger partial charge is 0.310 e. The molecule has 0 rings (SSSR count). The van der Waals surface area contributed by atoms with Crippen LogP contribution in [0.25, 0.3) is 0 Å². The molecule has 1 N–H and O–H groups in total. The fourth-order valence-electron chi connectivity index (χ4n) is 0.423. The molecule has 2 nitrogen and oxygen atoms in total. The third kappa shape index (κ3) is 3.76. The standard InChI is InChI=1S/C7H12O2/c1-3-4-5-6(2)7(8)9/h4-6H,3H2,1-2H3,(H,8,9)/t6-/m1/s1. The van der Waals surface area contributed by atoms with Crippen LogP contribution in [0.2, 0.25) is 0 Å². The minimum atomic E-state index is -0.764. The molecular weight excluding hydrogens is 116 g/mol. The first-order chi connectivity index (χ1) is 4.18. The van der Waals surface area contributed by atoms with E-state index in [0.717, 1.165) is 6.42 Å². The maximum atomic E-state index is 10.2. The zero-order valence-electron chi connectivity index (χ0n) is 5.79. The van der Waals surface area contributed by atoms with Crippen molar-refractivity contribution in [3.63, 3.8) is 0 Å². The van der Waals surface area contributed by atoms with Crippen LogP contribution in [0.4, 0.5) is 0 Å². The van der Waals surface area contributed by atoms with Gasteiger partial charge in [-0.25, -0.2) is 0 Å². The van der Waals surface area contributed by atoms with Crippen LogP contribution in [0.15, 0.2) is 12.2 Å². The molecule has 0 aliphatic rings. The molecule has 1 atom stereocenters. The summed E-state index contributed by atoms with van der Waals surface area (Å²) in [6.07, 6.45) is 4.46. The van der Waals surface area contributed by atoms with Gasteiger partial charge in [0.2, 0.25) is 0 Å². The lowest BCUT2D eigenvalue weighted by molar-refractivity contribution is -0.139. The van der Waals surface area contributed by atoms with Crippen LogP contribution >= 0.6 is 0 Å². The van der Waals surface area contributed by atoms with E-state index in [4.69, 9.17) is 5.11 Å². The Hall–Kier alpha value is -0.790. The lowest BCUT2D eigenvalue weighted by Gasteiger charge is -1.94. The van der Waals surface area contributed by atoms with E-state index in [1.165, 1.54) is 0 Å². The maximum Gasteiger partial charge on any atom is 0.310 e. The first kappa shape index (κ1) is 8.21. The van der Waals surface area contributed by atoms with Gasteiger partial charge in [0.1, 0.15) is 0 Å². The number of hydrogen-bond donors (Lipinski definition) is 1. The van der Waals surface area contributed by atoms with Gasteiger partial charge in [-0.2, -0.15) is 0 Å². The predicted molar refractivity (Wildman–Crippen MR) is 36.2 cm³/mol. The molecule has 0 aromatic heterocycles. The van der Waals surface area contributed by atoms with Crippen LogP contribution < -0.4 is 0 Å². The molecule has 9 heavy (non-hydrogen) atoms. The Bertz CT molecular complexity index is 116. The molecule has 2 heteroatoms. The maximum absolute atomic E-state index is 10.2. The number of allylic oxidation sites excluding steroid dienone is 1. The zero-order chi connectivity index (χ0) is 7.28. The summed E-state index contributed by atoms with van der Waals surface area (Å²) in [5.41, 5.74) is 0. The summed E-state index contributed by atoms with van der Waals surface area (Å²) >= 11 is 0. The summed E-state index contributed by atoms with van der Waals surface area (Å²) in [6, 6.07) is 0. The van der Waals surface area contributed by atoms with Gasteiger partial charge in [-0.05, 0) is 13.3 Å². The lowest BCUT2D eigenvalue weighted by atomic mass is 10.1. The van der Waals surface area contributed by atoms with Crippen LogP contribution in [0.5, 0.6) is 0 Å². The third-order valence-electron chi connectivity index (χ3n) is 1.05. The quantitative estimate of drug-likeness (QED) is 0.587. The summed E-state index contributed by atoms with van der Waals surface area (Å²) < 4.78 is 0. The molecule has 0 aliphatic carbocycles. The minimum absolute atomic E-state index is 0.343. The molecule has 0 spiro atoms. The van der Waals surface area contributed by atoms with Crippen molar-refractivity contribution in [2.24, 2.45) is 5.92 Å². The van der Waals surface area contributed by atoms with Crippen LogP contribution in [0.1, 0.15) is 20.3 Å². The van der Waals surface area contributed by atoms with Gasteiger partial charge in [-0.15, -0.1) is 0 Å². The Labute approximate surface area is 55.2 Å². The van der Waals surface area contributed by atoms with Gasteiger partial charge in [-0.1, -0.05) is 19.1 Å². The fraction of sp³-hybridized carbons (Fsp3) is 0.571. The molecule has 0 aliphatic heterocycles. The minimum Gasteiger partial charge on any atom is -0.481 e. The van der Waals surface area contributed by atoms with E-state index in [1.807, 2.05) is 13.0 Å². The summed E-state index contributed by atoms with van der Waals surface area (Å²) in [5.74, 6) is -1.11. The van der Waals surface area contributed by atoms with Crippen molar-refractivity contribution >= 4 is 5.97 Å². The molecule has 0 aromatic carbocycles. The van der Waals surface area contributed by atoms with Crippen LogP contribution in [0, 0.1) is 5.92 Å². The number of hydrogen-bond acceptors (Lipinski definition) is 1. The molecule has 0 unspecified atom stereocenters. The first-order valence-electron chi connectivity index (χ1n) is 3.08. The summed E-state index contributed by atoms with van der Waals surface area (Å²) in [6.45, 7) is 3.64. The molecule has 0 saturated carbocycles. The number of carboxylic acids is 1. The van der Waals surface area contributed by atoms with Gasteiger partial charge in [-0.3, -0.25) is 4.79 Å². The van der Waals surface area contributed by atoms with E-state index in [1.54, 1.807) is 13.0 Å². The SMILES string of the molecule is CCC=C[C@@H](C)C(=O)O.